The number of nitrogens with zero attached hydrogens (tertiary/aromatic N) is 2. The third-order valence-electron chi connectivity index (χ3n) is 3.63. The zero-order valence-electron chi connectivity index (χ0n) is 14.4. The number of rotatable bonds is 4. The second kappa shape index (κ2) is 6.80. The molecular weight excluding hydrogens is 320 g/mol. The van der Waals surface area contributed by atoms with Crippen LogP contribution in [-0.4, -0.2) is 29.1 Å². The fourth-order valence-electron chi connectivity index (χ4n) is 2.19. The van der Waals surface area contributed by atoms with Crippen molar-refractivity contribution < 1.29 is 14.3 Å². The molecule has 1 aliphatic heterocycles. The summed E-state index contributed by atoms with van der Waals surface area (Å²) >= 11 is 0. The van der Waals surface area contributed by atoms with Crippen LogP contribution in [0.3, 0.4) is 0 Å². The van der Waals surface area contributed by atoms with E-state index < -0.39 is 0 Å². The fourth-order valence-corrected chi connectivity index (χ4v) is 2.19. The number of benzene rings is 1. The van der Waals surface area contributed by atoms with E-state index in [1.54, 1.807) is 12.1 Å². The van der Waals surface area contributed by atoms with E-state index in [1.165, 1.54) is 6.21 Å². The average molecular weight is 340 g/mol. The van der Waals surface area contributed by atoms with E-state index in [1.807, 2.05) is 45.0 Å². The molecule has 0 saturated carbocycles. The molecule has 7 heteroatoms. The van der Waals surface area contributed by atoms with Crippen molar-refractivity contribution >= 4 is 18.2 Å². The van der Waals surface area contributed by atoms with Gasteiger partial charge in [0.05, 0.1) is 0 Å². The molecule has 25 heavy (non-hydrogen) atoms. The Hall–Kier alpha value is -3.09. The molecule has 0 aliphatic carbocycles. The van der Waals surface area contributed by atoms with Gasteiger partial charge < -0.3 is 9.47 Å². The van der Waals surface area contributed by atoms with Gasteiger partial charge in [0.25, 0.3) is 5.91 Å². The van der Waals surface area contributed by atoms with Gasteiger partial charge >= 0.3 is 0 Å². The smallest absolute Gasteiger partial charge is 0.291 e. The number of hydrogen-bond acceptors (Lipinski definition) is 5. The molecule has 2 heterocycles. The highest BCUT2D eigenvalue weighted by atomic mass is 16.7. The Bertz CT molecular complexity index is 831. The molecule has 0 spiro atoms. The van der Waals surface area contributed by atoms with Crippen LogP contribution in [0.2, 0.25) is 0 Å². The lowest BCUT2D eigenvalue weighted by atomic mass is 9.92. The molecule has 0 radical (unpaired) electrons. The number of allylic oxidation sites excluding steroid dienone is 1. The average Bonchev–Trinajstić information content (AvgIpc) is 3.22. The van der Waals surface area contributed by atoms with Crippen molar-refractivity contribution in [3.8, 4) is 11.5 Å². The van der Waals surface area contributed by atoms with E-state index in [9.17, 15) is 4.79 Å². The van der Waals surface area contributed by atoms with Crippen molar-refractivity contribution in [1.82, 2.24) is 15.6 Å². The summed E-state index contributed by atoms with van der Waals surface area (Å²) in [4.78, 5) is 12.0. The molecule has 130 valence electrons. The minimum absolute atomic E-state index is 0.0951. The molecule has 0 atom stereocenters. The van der Waals surface area contributed by atoms with Crippen LogP contribution in [-0.2, 0) is 5.41 Å². The lowest BCUT2D eigenvalue weighted by Crippen LogP contribution is -2.17. The molecule has 1 amide bonds. The Kier molecular flexibility index (Phi) is 4.56. The minimum atomic E-state index is -0.362. The lowest BCUT2D eigenvalue weighted by Gasteiger charge is -2.14. The number of carbonyl (C=O) groups excluding carboxylic acids is 1. The van der Waals surface area contributed by atoms with Crippen LogP contribution in [0.15, 0.2) is 35.4 Å². The molecule has 1 aromatic heterocycles. The SMILES string of the molecule is CC(C)(C)c1cc(C(=O)N/N=C/C=C/c2ccc3c(c2)OCO3)n[nH]1. The van der Waals surface area contributed by atoms with Gasteiger partial charge in [0.2, 0.25) is 6.79 Å². The van der Waals surface area contributed by atoms with Crippen molar-refractivity contribution in [2.24, 2.45) is 5.10 Å². The summed E-state index contributed by atoms with van der Waals surface area (Å²) in [6, 6.07) is 7.37. The van der Waals surface area contributed by atoms with Gasteiger partial charge in [-0.15, -0.1) is 0 Å². The van der Waals surface area contributed by atoms with Crippen molar-refractivity contribution in [3.63, 3.8) is 0 Å². The lowest BCUT2D eigenvalue weighted by molar-refractivity contribution is 0.0950. The van der Waals surface area contributed by atoms with Gasteiger partial charge in [-0.2, -0.15) is 10.2 Å². The van der Waals surface area contributed by atoms with Crippen molar-refractivity contribution in [2.45, 2.75) is 26.2 Å². The Morgan fingerprint density at radius 3 is 2.84 bits per heavy atom. The number of H-pyrrole nitrogens is 1. The van der Waals surface area contributed by atoms with E-state index in [0.717, 1.165) is 22.8 Å². The standard InChI is InChI=1S/C18H20N4O3/c1-18(2,3)16-10-13(20-21-16)17(23)22-19-8-4-5-12-6-7-14-15(9-12)25-11-24-14/h4-10H,11H2,1-3H3,(H,20,21)(H,22,23)/b5-4+,19-8+. The second-order valence-electron chi connectivity index (χ2n) is 6.61. The number of hydrazone groups is 1. The zero-order valence-corrected chi connectivity index (χ0v) is 14.4. The molecule has 1 aromatic carbocycles. The molecule has 0 saturated heterocycles. The first-order valence-electron chi connectivity index (χ1n) is 7.89. The van der Waals surface area contributed by atoms with Gasteiger partial charge in [-0.1, -0.05) is 32.9 Å². The first-order chi connectivity index (χ1) is 11.9. The first-order valence-corrected chi connectivity index (χ1v) is 7.89. The molecular formula is C18H20N4O3. The van der Waals surface area contributed by atoms with E-state index >= 15 is 0 Å². The number of ether oxygens (including phenoxy) is 2. The summed E-state index contributed by atoms with van der Waals surface area (Å²) < 4.78 is 10.6. The number of aromatic amines is 1. The molecule has 7 nitrogen and oxygen atoms in total. The Morgan fingerprint density at radius 1 is 1.28 bits per heavy atom. The molecule has 2 N–H and O–H groups in total. The van der Waals surface area contributed by atoms with Crippen LogP contribution in [0, 0.1) is 0 Å². The predicted molar refractivity (Wildman–Crippen MR) is 94.8 cm³/mol. The highest BCUT2D eigenvalue weighted by Crippen LogP contribution is 2.32. The highest BCUT2D eigenvalue weighted by molar-refractivity contribution is 5.93. The summed E-state index contributed by atoms with van der Waals surface area (Å²) in [6.45, 7) is 6.38. The van der Waals surface area contributed by atoms with Crippen LogP contribution >= 0.6 is 0 Å². The summed E-state index contributed by atoms with van der Waals surface area (Å²) in [5.74, 6) is 1.10. The van der Waals surface area contributed by atoms with Crippen molar-refractivity contribution in [1.29, 1.82) is 0 Å². The molecule has 0 bridgehead atoms. The van der Waals surface area contributed by atoms with Crippen molar-refractivity contribution in [3.05, 3.63) is 47.3 Å². The number of hydrogen-bond donors (Lipinski definition) is 2. The van der Waals surface area contributed by atoms with Crippen LogP contribution in [0.5, 0.6) is 11.5 Å². The quantitative estimate of drug-likeness (QED) is 0.662. The van der Waals surface area contributed by atoms with E-state index in [-0.39, 0.29) is 18.1 Å². The van der Waals surface area contributed by atoms with E-state index in [0.29, 0.717) is 5.69 Å². The topological polar surface area (TPSA) is 88.6 Å². The summed E-state index contributed by atoms with van der Waals surface area (Å²) in [6.07, 6.45) is 5.08. The third kappa shape index (κ3) is 4.06. The summed E-state index contributed by atoms with van der Waals surface area (Å²) in [5.41, 5.74) is 4.50. The molecule has 3 rings (SSSR count). The highest BCUT2D eigenvalue weighted by Gasteiger charge is 2.19. The zero-order chi connectivity index (χ0) is 17.9. The van der Waals surface area contributed by atoms with E-state index in [4.69, 9.17) is 9.47 Å². The first kappa shape index (κ1) is 16.8. The molecule has 1 aliphatic rings. The Morgan fingerprint density at radius 2 is 2.08 bits per heavy atom. The maximum Gasteiger partial charge on any atom is 0.291 e. The Balaban J connectivity index is 1.54. The number of aromatic nitrogens is 2. The number of carbonyl (C=O) groups is 1. The predicted octanol–water partition coefficient (Wildman–Crippen LogP) is 2.86. The van der Waals surface area contributed by atoms with Crippen LogP contribution in [0.4, 0.5) is 0 Å². The Labute approximate surface area is 145 Å². The number of fused-ring (bicyclic) bond motifs is 1. The molecule has 0 unspecified atom stereocenters. The van der Waals surface area contributed by atoms with Gasteiger partial charge in [-0.25, -0.2) is 5.43 Å². The van der Waals surface area contributed by atoms with Gasteiger partial charge in [-0.05, 0) is 29.8 Å². The maximum atomic E-state index is 12.0. The summed E-state index contributed by atoms with van der Waals surface area (Å²) in [7, 11) is 0. The second-order valence-corrected chi connectivity index (χ2v) is 6.61. The van der Waals surface area contributed by atoms with Gasteiger partial charge in [-0.3, -0.25) is 9.89 Å². The van der Waals surface area contributed by atoms with Crippen molar-refractivity contribution in [2.75, 3.05) is 6.79 Å². The number of amides is 1. The van der Waals surface area contributed by atoms with Crippen LogP contribution in [0.25, 0.3) is 6.08 Å². The largest absolute Gasteiger partial charge is 0.454 e. The van der Waals surface area contributed by atoms with Gasteiger partial charge in [0.1, 0.15) is 0 Å². The molecule has 0 fully saturated rings. The maximum absolute atomic E-state index is 12.0. The summed E-state index contributed by atoms with van der Waals surface area (Å²) in [5, 5.41) is 10.8. The minimum Gasteiger partial charge on any atom is -0.454 e. The van der Waals surface area contributed by atoms with Crippen LogP contribution in [0.1, 0.15) is 42.5 Å². The monoisotopic (exact) mass is 340 g/mol. The van der Waals surface area contributed by atoms with Gasteiger partial charge in [0, 0.05) is 17.3 Å². The van der Waals surface area contributed by atoms with Gasteiger partial charge in [0.15, 0.2) is 17.2 Å². The van der Waals surface area contributed by atoms with Crippen LogP contribution < -0.4 is 14.9 Å². The fraction of sp³-hybridized carbons (Fsp3) is 0.278. The van der Waals surface area contributed by atoms with E-state index in [2.05, 4.69) is 20.7 Å². The molecule has 2 aromatic rings. The normalized spacial score (nSPS) is 13.7. The third-order valence-corrected chi connectivity index (χ3v) is 3.63. The number of nitrogens with one attached hydrogen (secondary N) is 2.